The van der Waals surface area contributed by atoms with Gasteiger partial charge in [0, 0.05) is 22.3 Å². The van der Waals surface area contributed by atoms with Crippen molar-refractivity contribution in [2.45, 2.75) is 11.8 Å². The summed E-state index contributed by atoms with van der Waals surface area (Å²) in [6.45, 7) is 0.687. The maximum Gasteiger partial charge on any atom is 0.255 e. The standard InChI is InChI=1S/C24H21BrN2O2S/c25-20-10-12-21(13-11-20)26-23(29)18-6-8-19(9-7-18)24-27(22(28)16-30-24)15-14-17-4-2-1-3-5-17/h1-13,24H,14-16H2,(H,26,29). The van der Waals surface area contributed by atoms with Gasteiger partial charge >= 0.3 is 0 Å². The van der Waals surface area contributed by atoms with Crippen LogP contribution in [0.15, 0.2) is 83.3 Å². The summed E-state index contributed by atoms with van der Waals surface area (Å²) in [4.78, 5) is 26.9. The quantitative estimate of drug-likeness (QED) is 0.505. The van der Waals surface area contributed by atoms with Crippen molar-refractivity contribution in [3.63, 3.8) is 0 Å². The van der Waals surface area contributed by atoms with Gasteiger partial charge in [0.1, 0.15) is 5.37 Å². The molecule has 0 aromatic heterocycles. The minimum Gasteiger partial charge on any atom is -0.326 e. The number of halogens is 1. The molecule has 4 rings (SSSR count). The van der Waals surface area contributed by atoms with Crippen LogP contribution in [0.5, 0.6) is 0 Å². The lowest BCUT2D eigenvalue weighted by molar-refractivity contribution is -0.128. The van der Waals surface area contributed by atoms with Gasteiger partial charge in [0.05, 0.1) is 5.75 Å². The van der Waals surface area contributed by atoms with Gasteiger partial charge in [-0.15, -0.1) is 11.8 Å². The van der Waals surface area contributed by atoms with Crippen LogP contribution in [0.2, 0.25) is 0 Å². The van der Waals surface area contributed by atoms with Crippen molar-refractivity contribution in [1.82, 2.24) is 4.90 Å². The molecule has 6 heteroatoms. The first-order valence-corrected chi connectivity index (χ1v) is 11.6. The van der Waals surface area contributed by atoms with Gasteiger partial charge < -0.3 is 10.2 Å². The Morgan fingerprint density at radius 1 is 1.00 bits per heavy atom. The highest BCUT2D eigenvalue weighted by atomic mass is 79.9. The largest absolute Gasteiger partial charge is 0.326 e. The third-order valence-corrected chi connectivity index (χ3v) is 6.80. The van der Waals surface area contributed by atoms with E-state index in [0.717, 1.165) is 22.1 Å². The van der Waals surface area contributed by atoms with Gasteiger partial charge in [0.25, 0.3) is 5.91 Å². The van der Waals surface area contributed by atoms with Crippen molar-refractivity contribution >= 4 is 45.2 Å². The fourth-order valence-corrected chi connectivity index (χ4v) is 4.88. The lowest BCUT2D eigenvalue weighted by Gasteiger charge is -2.24. The molecular weight excluding hydrogens is 460 g/mol. The smallest absolute Gasteiger partial charge is 0.255 e. The number of carbonyl (C=O) groups excluding carboxylic acids is 2. The van der Waals surface area contributed by atoms with Gasteiger partial charge in [0.15, 0.2) is 0 Å². The number of nitrogens with zero attached hydrogens (tertiary/aromatic N) is 1. The molecule has 1 N–H and O–H groups in total. The van der Waals surface area contributed by atoms with Crippen LogP contribution in [0.1, 0.15) is 26.9 Å². The number of hydrogen-bond acceptors (Lipinski definition) is 3. The molecule has 30 heavy (non-hydrogen) atoms. The summed E-state index contributed by atoms with van der Waals surface area (Å²) in [5.41, 5.74) is 3.60. The van der Waals surface area contributed by atoms with Crippen molar-refractivity contribution in [3.05, 3.63) is 100 Å². The zero-order valence-electron chi connectivity index (χ0n) is 16.3. The molecule has 2 amide bonds. The normalized spacial score (nSPS) is 16.0. The first-order chi connectivity index (χ1) is 14.6. The molecule has 0 spiro atoms. The molecule has 1 saturated heterocycles. The molecule has 1 aliphatic heterocycles. The zero-order valence-corrected chi connectivity index (χ0v) is 18.7. The first-order valence-electron chi connectivity index (χ1n) is 9.72. The van der Waals surface area contributed by atoms with E-state index in [-0.39, 0.29) is 17.2 Å². The fraction of sp³-hybridized carbons (Fsp3) is 0.167. The number of nitrogens with one attached hydrogen (secondary N) is 1. The van der Waals surface area contributed by atoms with E-state index in [0.29, 0.717) is 17.9 Å². The van der Waals surface area contributed by atoms with Crippen molar-refractivity contribution in [2.24, 2.45) is 0 Å². The number of benzene rings is 3. The molecule has 3 aromatic carbocycles. The number of amides is 2. The number of rotatable bonds is 6. The molecule has 1 atom stereocenters. The molecule has 1 fully saturated rings. The van der Waals surface area contributed by atoms with Crippen LogP contribution < -0.4 is 5.32 Å². The lowest BCUT2D eigenvalue weighted by Crippen LogP contribution is -2.30. The highest BCUT2D eigenvalue weighted by Crippen LogP contribution is 2.38. The van der Waals surface area contributed by atoms with Crippen molar-refractivity contribution in [2.75, 3.05) is 17.6 Å². The fourth-order valence-electron chi connectivity index (χ4n) is 3.40. The van der Waals surface area contributed by atoms with Crippen molar-refractivity contribution < 1.29 is 9.59 Å². The van der Waals surface area contributed by atoms with Gasteiger partial charge in [-0.1, -0.05) is 58.4 Å². The van der Waals surface area contributed by atoms with E-state index >= 15 is 0 Å². The van der Waals surface area contributed by atoms with E-state index < -0.39 is 0 Å². The minimum atomic E-state index is -0.153. The molecule has 0 aliphatic carbocycles. The molecule has 3 aromatic rings. The van der Waals surface area contributed by atoms with E-state index in [1.807, 2.05) is 71.6 Å². The SMILES string of the molecule is O=C(Nc1ccc(Br)cc1)c1ccc(C2SCC(=O)N2CCc2ccccc2)cc1. The molecule has 0 saturated carbocycles. The Morgan fingerprint density at radius 3 is 2.40 bits per heavy atom. The highest BCUT2D eigenvalue weighted by Gasteiger charge is 2.32. The second kappa shape index (κ2) is 9.49. The summed E-state index contributed by atoms with van der Waals surface area (Å²) in [7, 11) is 0. The van der Waals surface area contributed by atoms with E-state index in [1.165, 1.54) is 5.56 Å². The highest BCUT2D eigenvalue weighted by molar-refractivity contribution is 9.10. The summed E-state index contributed by atoms with van der Waals surface area (Å²) < 4.78 is 0.963. The average Bonchev–Trinajstić information content (AvgIpc) is 3.15. The van der Waals surface area contributed by atoms with Gasteiger partial charge in [-0.2, -0.15) is 0 Å². The van der Waals surface area contributed by atoms with E-state index in [2.05, 4.69) is 33.4 Å². The molecule has 0 bridgehead atoms. The monoisotopic (exact) mass is 480 g/mol. The number of carbonyl (C=O) groups is 2. The molecule has 1 aliphatic rings. The zero-order chi connectivity index (χ0) is 20.9. The summed E-state index contributed by atoms with van der Waals surface area (Å²) >= 11 is 5.02. The molecule has 1 heterocycles. The van der Waals surface area contributed by atoms with Crippen molar-refractivity contribution in [1.29, 1.82) is 0 Å². The Kier molecular flexibility index (Phi) is 6.55. The van der Waals surface area contributed by atoms with Crippen LogP contribution in [-0.4, -0.2) is 29.0 Å². The Bertz CT molecular complexity index is 1020. The summed E-state index contributed by atoms with van der Waals surface area (Å²) in [6, 6.07) is 25.2. The number of thioether (sulfide) groups is 1. The van der Waals surface area contributed by atoms with Crippen LogP contribution in [0.4, 0.5) is 5.69 Å². The molecule has 4 nitrogen and oxygen atoms in total. The maximum absolute atomic E-state index is 12.5. The maximum atomic E-state index is 12.5. The van der Waals surface area contributed by atoms with Gasteiger partial charge in [0.2, 0.25) is 5.91 Å². The Hall–Kier alpha value is -2.57. The Labute approximate surface area is 188 Å². The topological polar surface area (TPSA) is 49.4 Å². The summed E-state index contributed by atoms with van der Waals surface area (Å²) in [5, 5.41) is 2.89. The van der Waals surface area contributed by atoms with Crippen LogP contribution in [0.3, 0.4) is 0 Å². The van der Waals surface area contributed by atoms with E-state index in [9.17, 15) is 9.59 Å². The predicted molar refractivity (Wildman–Crippen MR) is 126 cm³/mol. The molecule has 0 radical (unpaired) electrons. The third kappa shape index (κ3) is 4.94. The van der Waals surface area contributed by atoms with Crippen LogP contribution in [-0.2, 0) is 11.2 Å². The number of hydrogen-bond donors (Lipinski definition) is 1. The minimum absolute atomic E-state index is 0.00945. The van der Waals surface area contributed by atoms with Gasteiger partial charge in [-0.25, -0.2) is 0 Å². The summed E-state index contributed by atoms with van der Waals surface area (Å²) in [5.74, 6) is 0.503. The van der Waals surface area contributed by atoms with Crippen LogP contribution in [0, 0.1) is 0 Å². The van der Waals surface area contributed by atoms with Gasteiger partial charge in [-0.05, 0) is 53.9 Å². The second-order valence-corrected chi connectivity index (χ2v) is 9.05. The third-order valence-electron chi connectivity index (χ3n) is 5.01. The van der Waals surface area contributed by atoms with Crippen molar-refractivity contribution in [3.8, 4) is 0 Å². The van der Waals surface area contributed by atoms with E-state index in [4.69, 9.17) is 0 Å². The lowest BCUT2D eigenvalue weighted by atomic mass is 10.1. The second-order valence-electron chi connectivity index (χ2n) is 7.07. The Morgan fingerprint density at radius 2 is 1.70 bits per heavy atom. The molecule has 152 valence electrons. The van der Waals surface area contributed by atoms with Crippen LogP contribution in [0.25, 0.3) is 0 Å². The average molecular weight is 481 g/mol. The van der Waals surface area contributed by atoms with Crippen LogP contribution >= 0.6 is 27.7 Å². The first kappa shape index (κ1) is 20.7. The van der Waals surface area contributed by atoms with E-state index in [1.54, 1.807) is 11.8 Å². The predicted octanol–water partition coefficient (Wildman–Crippen LogP) is 5.52. The molecule has 1 unspecified atom stereocenters. The summed E-state index contributed by atoms with van der Waals surface area (Å²) in [6.07, 6.45) is 0.831. The Balaban J connectivity index is 1.42. The number of anilines is 1. The molecular formula is C24H21BrN2O2S. The van der Waals surface area contributed by atoms with Gasteiger partial charge in [-0.3, -0.25) is 9.59 Å².